The van der Waals surface area contributed by atoms with Crippen molar-refractivity contribution in [3.8, 4) is 0 Å². The molecule has 0 unspecified atom stereocenters. The molecule has 3 heterocycles. The molecular weight excluding hydrogens is 218 g/mol. The lowest BCUT2D eigenvalue weighted by Gasteiger charge is -2.28. The average Bonchev–Trinajstić information content (AvgIpc) is 2.96. The molecule has 4 heteroatoms. The first-order chi connectivity index (χ1) is 8.42. The molecule has 0 radical (unpaired) electrons. The number of benzene rings is 1. The van der Waals surface area contributed by atoms with E-state index in [9.17, 15) is 0 Å². The maximum atomic E-state index is 5.67. The summed E-state index contributed by atoms with van der Waals surface area (Å²) in [6.45, 7) is 0.684. The van der Waals surface area contributed by atoms with Crippen molar-refractivity contribution < 1.29 is 14.3 Å². The number of nitrogens with zero attached hydrogens (tertiary/aromatic N) is 1. The molecule has 2 saturated heterocycles. The number of fused-ring (bicyclic) bond motifs is 4. The molecule has 4 rings (SSSR count). The molecule has 0 N–H and O–H groups in total. The van der Waals surface area contributed by atoms with E-state index in [1.807, 2.05) is 18.2 Å². The highest BCUT2D eigenvalue weighted by atomic mass is 16.8. The Bertz CT molecular complexity index is 459. The van der Waals surface area contributed by atoms with Gasteiger partial charge in [0, 0.05) is 0 Å². The van der Waals surface area contributed by atoms with Gasteiger partial charge in [-0.05, 0) is 12.0 Å². The molecule has 2 bridgehead atoms. The highest BCUT2D eigenvalue weighted by molar-refractivity contribution is 6.03. The first-order valence-electron chi connectivity index (χ1n) is 5.98. The molecular formula is C13H13NO3. The smallest absolute Gasteiger partial charge is 0.198 e. The molecule has 0 saturated carbocycles. The van der Waals surface area contributed by atoms with Crippen LogP contribution in [0.4, 0.5) is 0 Å². The summed E-state index contributed by atoms with van der Waals surface area (Å²) in [5.74, 6) is 0.309. The van der Waals surface area contributed by atoms with Crippen molar-refractivity contribution in [1.29, 1.82) is 0 Å². The summed E-state index contributed by atoms with van der Waals surface area (Å²) in [6.07, 6.45) is 0.846. The van der Waals surface area contributed by atoms with Gasteiger partial charge >= 0.3 is 0 Å². The fourth-order valence-corrected chi connectivity index (χ4v) is 2.82. The third kappa shape index (κ3) is 1.41. The van der Waals surface area contributed by atoms with Gasteiger partial charge in [0.2, 0.25) is 0 Å². The molecule has 0 spiro atoms. The van der Waals surface area contributed by atoms with Crippen LogP contribution in [0.3, 0.4) is 0 Å². The second-order valence-corrected chi connectivity index (χ2v) is 4.71. The molecule has 4 nitrogen and oxygen atoms in total. The van der Waals surface area contributed by atoms with Crippen LogP contribution >= 0.6 is 0 Å². The van der Waals surface area contributed by atoms with E-state index in [1.165, 1.54) is 0 Å². The molecule has 1 aromatic rings. The first-order valence-corrected chi connectivity index (χ1v) is 5.98. The molecule has 4 atom stereocenters. The lowest BCUT2D eigenvalue weighted by atomic mass is 9.86. The molecule has 0 aliphatic carbocycles. The summed E-state index contributed by atoms with van der Waals surface area (Å²) in [6, 6.07) is 10.2. The van der Waals surface area contributed by atoms with Crippen molar-refractivity contribution in [1.82, 2.24) is 0 Å². The largest absolute Gasteiger partial charge is 0.386 e. The third-order valence-electron chi connectivity index (χ3n) is 3.65. The van der Waals surface area contributed by atoms with E-state index in [1.54, 1.807) is 0 Å². The molecule has 88 valence electrons. The van der Waals surface area contributed by atoms with E-state index < -0.39 is 0 Å². The Morgan fingerprint density at radius 3 is 2.94 bits per heavy atom. The third-order valence-corrected chi connectivity index (χ3v) is 3.65. The lowest BCUT2D eigenvalue weighted by molar-refractivity contribution is -0.174. The Kier molecular flexibility index (Phi) is 2.01. The number of hydrogen-bond acceptors (Lipinski definition) is 4. The normalized spacial score (nSPS) is 38.5. The van der Waals surface area contributed by atoms with Crippen LogP contribution in [0, 0.1) is 5.92 Å². The second kappa shape index (κ2) is 3.55. The molecule has 3 aliphatic rings. The van der Waals surface area contributed by atoms with Crippen LogP contribution in [0.15, 0.2) is 35.5 Å². The van der Waals surface area contributed by atoms with Gasteiger partial charge in [-0.15, -0.1) is 0 Å². The maximum Gasteiger partial charge on any atom is 0.198 e. The zero-order valence-electron chi connectivity index (χ0n) is 9.28. The summed E-state index contributed by atoms with van der Waals surface area (Å²) < 4.78 is 11.2. The Labute approximate surface area is 99.2 Å². The lowest BCUT2D eigenvalue weighted by Crippen LogP contribution is -2.41. The molecule has 0 amide bonds. The minimum atomic E-state index is -0.233. The first kappa shape index (κ1) is 9.62. The Balaban J connectivity index is 1.67. The van der Waals surface area contributed by atoms with Crippen LogP contribution in [0.25, 0.3) is 0 Å². The van der Waals surface area contributed by atoms with Crippen LogP contribution in [0.1, 0.15) is 12.0 Å². The van der Waals surface area contributed by atoms with Gasteiger partial charge in [0.05, 0.1) is 24.3 Å². The van der Waals surface area contributed by atoms with Gasteiger partial charge in [-0.3, -0.25) is 0 Å². The zero-order valence-corrected chi connectivity index (χ0v) is 9.28. The molecule has 1 aromatic carbocycles. The SMILES string of the molecule is c1ccc(C2=NO[C@H]3[C@@H]4OC[C@H](C[C@@H]23)O4)cc1. The van der Waals surface area contributed by atoms with E-state index in [-0.39, 0.29) is 18.5 Å². The molecule has 17 heavy (non-hydrogen) atoms. The Hall–Kier alpha value is -1.39. The summed E-state index contributed by atoms with van der Waals surface area (Å²) in [7, 11) is 0. The van der Waals surface area contributed by atoms with Crippen LogP contribution in [0.2, 0.25) is 0 Å². The standard InChI is InChI=1S/C13H13NO3/c1-2-4-8(5-3-1)11-10-6-9-7-15-13(16-9)12(10)17-14-11/h1-5,9-10,12-13H,6-7H2/t9-,10-,12+,13+/m0/s1. The van der Waals surface area contributed by atoms with Crippen LogP contribution in [-0.2, 0) is 14.3 Å². The number of rotatable bonds is 1. The summed E-state index contributed by atoms with van der Waals surface area (Å²) in [5.41, 5.74) is 2.18. The van der Waals surface area contributed by atoms with E-state index in [4.69, 9.17) is 14.3 Å². The van der Waals surface area contributed by atoms with E-state index in [0.717, 1.165) is 17.7 Å². The van der Waals surface area contributed by atoms with Crippen LogP contribution in [-0.4, -0.2) is 30.8 Å². The summed E-state index contributed by atoms with van der Waals surface area (Å²) >= 11 is 0. The molecule has 2 fully saturated rings. The van der Waals surface area contributed by atoms with Gasteiger partial charge in [-0.25, -0.2) is 0 Å². The van der Waals surface area contributed by atoms with E-state index >= 15 is 0 Å². The Morgan fingerprint density at radius 2 is 2.06 bits per heavy atom. The van der Waals surface area contributed by atoms with Crippen molar-refractivity contribution in [2.24, 2.45) is 11.1 Å². The number of ether oxygens (including phenoxy) is 2. The predicted molar refractivity (Wildman–Crippen MR) is 60.6 cm³/mol. The van der Waals surface area contributed by atoms with Gasteiger partial charge < -0.3 is 14.3 Å². The average molecular weight is 231 g/mol. The van der Waals surface area contributed by atoms with Crippen molar-refractivity contribution in [2.45, 2.75) is 24.9 Å². The predicted octanol–water partition coefficient (Wildman–Crippen LogP) is 1.55. The topological polar surface area (TPSA) is 40.0 Å². The van der Waals surface area contributed by atoms with Gasteiger partial charge in [-0.1, -0.05) is 35.5 Å². The molecule has 3 aliphatic heterocycles. The fraction of sp³-hybridized carbons (Fsp3) is 0.462. The van der Waals surface area contributed by atoms with Crippen molar-refractivity contribution in [2.75, 3.05) is 6.61 Å². The minimum Gasteiger partial charge on any atom is -0.386 e. The summed E-state index contributed by atoms with van der Waals surface area (Å²) in [5, 5.41) is 4.23. The van der Waals surface area contributed by atoms with Gasteiger partial charge in [0.15, 0.2) is 12.4 Å². The number of hydrogen-bond donors (Lipinski definition) is 0. The monoisotopic (exact) mass is 231 g/mol. The second-order valence-electron chi connectivity index (χ2n) is 4.71. The minimum absolute atomic E-state index is 0.0658. The van der Waals surface area contributed by atoms with Gasteiger partial charge in [-0.2, -0.15) is 0 Å². The Morgan fingerprint density at radius 1 is 1.18 bits per heavy atom. The molecule has 0 aromatic heterocycles. The van der Waals surface area contributed by atoms with Gasteiger partial charge in [0.25, 0.3) is 0 Å². The highest BCUT2D eigenvalue weighted by Gasteiger charge is 2.50. The van der Waals surface area contributed by atoms with Gasteiger partial charge in [0.1, 0.15) is 0 Å². The summed E-state index contributed by atoms with van der Waals surface area (Å²) in [4.78, 5) is 5.49. The van der Waals surface area contributed by atoms with Crippen molar-refractivity contribution in [3.05, 3.63) is 35.9 Å². The van der Waals surface area contributed by atoms with Crippen molar-refractivity contribution in [3.63, 3.8) is 0 Å². The number of oxime groups is 1. The van der Waals surface area contributed by atoms with Crippen LogP contribution < -0.4 is 0 Å². The maximum absolute atomic E-state index is 5.67. The van der Waals surface area contributed by atoms with Crippen molar-refractivity contribution >= 4 is 5.71 Å². The quantitative estimate of drug-likeness (QED) is 0.736. The van der Waals surface area contributed by atoms with Crippen LogP contribution in [0.5, 0.6) is 0 Å². The zero-order chi connectivity index (χ0) is 11.2. The van der Waals surface area contributed by atoms with E-state index in [2.05, 4.69) is 17.3 Å². The fourth-order valence-electron chi connectivity index (χ4n) is 2.82. The van der Waals surface area contributed by atoms with E-state index in [0.29, 0.717) is 12.5 Å². The highest BCUT2D eigenvalue weighted by Crippen LogP contribution is 2.39.